The number of carbonyl (C=O) groups is 1. The smallest absolute Gasteiger partial charge is 0.385 e. The molecule has 0 aliphatic heterocycles. The van der Waals surface area contributed by atoms with Gasteiger partial charge >= 0.3 is 6.18 Å². The monoisotopic (exact) mass is 242 g/mol. The molecule has 1 unspecified atom stereocenters. The van der Waals surface area contributed by atoms with E-state index >= 15 is 0 Å². The Labute approximate surface area is 92.3 Å². The summed E-state index contributed by atoms with van der Waals surface area (Å²) >= 11 is 0. The van der Waals surface area contributed by atoms with E-state index < -0.39 is 31.1 Å². The molecule has 0 bridgehead atoms. The number of ether oxygens (including phenoxy) is 1. The normalized spacial score (nSPS) is 13.6. The van der Waals surface area contributed by atoms with Crippen LogP contribution in [0, 0.1) is 0 Å². The van der Waals surface area contributed by atoms with Gasteiger partial charge < -0.3 is 15.8 Å². The average molecular weight is 242 g/mol. The molecule has 0 aliphatic carbocycles. The SMILES string of the molecule is COCCCC(N)C(=O)NCCC(F)(F)F. The molecule has 0 aromatic rings. The summed E-state index contributed by atoms with van der Waals surface area (Å²) in [5.41, 5.74) is 5.46. The summed E-state index contributed by atoms with van der Waals surface area (Å²) in [7, 11) is 1.52. The van der Waals surface area contributed by atoms with Crippen LogP contribution in [0.3, 0.4) is 0 Å². The lowest BCUT2D eigenvalue weighted by molar-refractivity contribution is -0.135. The number of alkyl halides is 3. The van der Waals surface area contributed by atoms with Gasteiger partial charge in [0.25, 0.3) is 0 Å². The Kier molecular flexibility index (Phi) is 7.07. The second-order valence-corrected chi connectivity index (χ2v) is 3.40. The molecule has 0 radical (unpaired) electrons. The maximum Gasteiger partial charge on any atom is 0.390 e. The van der Waals surface area contributed by atoms with Gasteiger partial charge in [0.05, 0.1) is 12.5 Å². The minimum absolute atomic E-state index is 0.395. The van der Waals surface area contributed by atoms with E-state index in [9.17, 15) is 18.0 Å². The third kappa shape index (κ3) is 8.49. The van der Waals surface area contributed by atoms with Crippen molar-refractivity contribution in [2.24, 2.45) is 5.73 Å². The zero-order valence-electron chi connectivity index (χ0n) is 9.14. The number of halogens is 3. The van der Waals surface area contributed by atoms with Gasteiger partial charge in [0, 0.05) is 20.3 Å². The summed E-state index contributed by atoms with van der Waals surface area (Å²) in [4.78, 5) is 11.2. The number of methoxy groups -OCH3 is 1. The van der Waals surface area contributed by atoms with Crippen LogP contribution in [0.5, 0.6) is 0 Å². The maximum absolute atomic E-state index is 11.8. The minimum atomic E-state index is -4.26. The summed E-state index contributed by atoms with van der Waals surface area (Å²) in [6.07, 6.45) is -4.30. The Morgan fingerprint density at radius 1 is 1.50 bits per heavy atom. The highest BCUT2D eigenvalue weighted by Crippen LogP contribution is 2.18. The molecule has 0 aromatic heterocycles. The van der Waals surface area contributed by atoms with E-state index in [2.05, 4.69) is 5.32 Å². The third-order valence-corrected chi connectivity index (χ3v) is 1.91. The van der Waals surface area contributed by atoms with Gasteiger partial charge in [0.15, 0.2) is 0 Å². The molecule has 0 saturated carbocycles. The van der Waals surface area contributed by atoms with E-state index in [1.54, 1.807) is 0 Å². The fraction of sp³-hybridized carbons (Fsp3) is 0.889. The highest BCUT2D eigenvalue weighted by atomic mass is 19.4. The van der Waals surface area contributed by atoms with Gasteiger partial charge in [-0.15, -0.1) is 0 Å². The van der Waals surface area contributed by atoms with Crippen molar-refractivity contribution in [3.05, 3.63) is 0 Å². The Hall–Kier alpha value is -0.820. The molecule has 7 heteroatoms. The second-order valence-electron chi connectivity index (χ2n) is 3.40. The Bertz CT molecular complexity index is 209. The minimum Gasteiger partial charge on any atom is -0.385 e. The van der Waals surface area contributed by atoms with Crippen LogP contribution in [0.25, 0.3) is 0 Å². The van der Waals surface area contributed by atoms with Crippen LogP contribution in [0.2, 0.25) is 0 Å². The number of hydrogen-bond donors (Lipinski definition) is 2. The van der Waals surface area contributed by atoms with Crippen LogP contribution in [0.15, 0.2) is 0 Å². The number of carbonyl (C=O) groups excluding carboxylic acids is 1. The van der Waals surface area contributed by atoms with E-state index in [0.717, 1.165) is 0 Å². The molecule has 3 N–H and O–H groups in total. The predicted molar refractivity (Wildman–Crippen MR) is 52.8 cm³/mol. The maximum atomic E-state index is 11.8. The molecule has 0 fully saturated rings. The van der Waals surface area contributed by atoms with Gasteiger partial charge in [-0.3, -0.25) is 4.79 Å². The Balaban J connectivity index is 3.63. The third-order valence-electron chi connectivity index (χ3n) is 1.91. The molecular weight excluding hydrogens is 225 g/mol. The number of nitrogens with two attached hydrogens (primary N) is 1. The predicted octanol–water partition coefficient (Wildman–Crippen LogP) is 0.809. The van der Waals surface area contributed by atoms with Crippen molar-refractivity contribution in [3.63, 3.8) is 0 Å². The summed E-state index contributed by atoms with van der Waals surface area (Å²) in [5.74, 6) is -0.555. The van der Waals surface area contributed by atoms with Crippen molar-refractivity contribution < 1.29 is 22.7 Å². The molecule has 0 heterocycles. The summed E-state index contributed by atoms with van der Waals surface area (Å²) in [6, 6.07) is -0.775. The summed E-state index contributed by atoms with van der Waals surface area (Å²) in [6.45, 7) is 0.0455. The quantitative estimate of drug-likeness (QED) is 0.649. The van der Waals surface area contributed by atoms with Gasteiger partial charge in [-0.25, -0.2) is 0 Å². The van der Waals surface area contributed by atoms with Crippen molar-refractivity contribution in [1.82, 2.24) is 5.32 Å². The molecule has 1 amide bonds. The lowest BCUT2D eigenvalue weighted by Crippen LogP contribution is -2.41. The number of amides is 1. The first-order valence-corrected chi connectivity index (χ1v) is 4.96. The molecule has 0 aromatic carbocycles. The van der Waals surface area contributed by atoms with Crippen molar-refractivity contribution in [1.29, 1.82) is 0 Å². The van der Waals surface area contributed by atoms with E-state index in [-0.39, 0.29) is 0 Å². The van der Waals surface area contributed by atoms with E-state index in [1.165, 1.54) is 7.11 Å². The van der Waals surface area contributed by atoms with Gasteiger partial charge in [0.1, 0.15) is 0 Å². The largest absolute Gasteiger partial charge is 0.390 e. The van der Waals surface area contributed by atoms with Crippen molar-refractivity contribution in [3.8, 4) is 0 Å². The molecule has 16 heavy (non-hydrogen) atoms. The van der Waals surface area contributed by atoms with Crippen LogP contribution < -0.4 is 11.1 Å². The number of rotatable bonds is 7. The van der Waals surface area contributed by atoms with Crippen LogP contribution in [0.1, 0.15) is 19.3 Å². The average Bonchev–Trinajstić information content (AvgIpc) is 2.15. The first-order valence-electron chi connectivity index (χ1n) is 4.96. The zero-order chi connectivity index (χ0) is 12.6. The molecule has 0 spiro atoms. The van der Waals surface area contributed by atoms with Gasteiger partial charge in [-0.2, -0.15) is 13.2 Å². The Morgan fingerprint density at radius 2 is 2.12 bits per heavy atom. The molecular formula is C9H17F3N2O2. The van der Waals surface area contributed by atoms with Crippen LogP contribution >= 0.6 is 0 Å². The fourth-order valence-corrected chi connectivity index (χ4v) is 1.04. The van der Waals surface area contributed by atoms with Gasteiger partial charge in [0.2, 0.25) is 5.91 Å². The highest BCUT2D eigenvalue weighted by molar-refractivity contribution is 5.81. The van der Waals surface area contributed by atoms with Crippen LogP contribution in [-0.4, -0.2) is 38.4 Å². The van der Waals surface area contributed by atoms with Crippen molar-refractivity contribution in [2.45, 2.75) is 31.5 Å². The standard InChI is InChI=1S/C9H17F3N2O2/c1-16-6-2-3-7(13)8(15)14-5-4-9(10,11)12/h7H,2-6,13H2,1H3,(H,14,15). The molecule has 1 atom stereocenters. The molecule has 96 valence electrons. The van der Waals surface area contributed by atoms with Crippen molar-refractivity contribution in [2.75, 3.05) is 20.3 Å². The molecule has 0 aliphatic rings. The fourth-order valence-electron chi connectivity index (χ4n) is 1.04. The first-order chi connectivity index (χ1) is 7.37. The van der Waals surface area contributed by atoms with E-state index in [4.69, 9.17) is 10.5 Å². The van der Waals surface area contributed by atoms with Crippen molar-refractivity contribution >= 4 is 5.91 Å². The van der Waals surface area contributed by atoms with Crippen LogP contribution in [-0.2, 0) is 9.53 Å². The van der Waals surface area contributed by atoms with E-state index in [0.29, 0.717) is 19.4 Å². The molecule has 4 nitrogen and oxygen atoms in total. The lowest BCUT2D eigenvalue weighted by atomic mass is 10.1. The molecule has 0 rings (SSSR count). The van der Waals surface area contributed by atoms with Crippen LogP contribution in [0.4, 0.5) is 13.2 Å². The first kappa shape index (κ1) is 15.2. The summed E-state index contributed by atoms with van der Waals surface area (Å²) < 4.78 is 40.0. The van der Waals surface area contributed by atoms with E-state index in [1.807, 2.05) is 0 Å². The zero-order valence-corrected chi connectivity index (χ0v) is 9.14. The number of hydrogen-bond acceptors (Lipinski definition) is 3. The van der Waals surface area contributed by atoms with Gasteiger partial charge in [-0.1, -0.05) is 0 Å². The highest BCUT2D eigenvalue weighted by Gasteiger charge is 2.26. The topological polar surface area (TPSA) is 64.3 Å². The summed E-state index contributed by atoms with van der Waals surface area (Å²) in [5, 5.41) is 2.14. The van der Waals surface area contributed by atoms with Gasteiger partial charge in [-0.05, 0) is 12.8 Å². The molecule has 0 saturated heterocycles. The second kappa shape index (κ2) is 7.45. The number of nitrogens with one attached hydrogen (secondary N) is 1. The lowest BCUT2D eigenvalue weighted by Gasteiger charge is -2.12. The Morgan fingerprint density at radius 3 is 2.62 bits per heavy atom.